The second kappa shape index (κ2) is 12.2. The smallest absolute Gasteiger partial charge is 0.254 e. The summed E-state index contributed by atoms with van der Waals surface area (Å²) < 4.78 is 18.8. The van der Waals surface area contributed by atoms with E-state index >= 15 is 0 Å². The number of nitrogens with zero attached hydrogens (tertiary/aromatic N) is 1. The molecule has 0 aromatic heterocycles. The van der Waals surface area contributed by atoms with Crippen molar-refractivity contribution in [1.29, 1.82) is 0 Å². The summed E-state index contributed by atoms with van der Waals surface area (Å²) in [6, 6.07) is 17.9. The highest BCUT2D eigenvalue weighted by atomic mass is 35.5. The molecular formula is C26H27ClFN3O3. The van der Waals surface area contributed by atoms with Gasteiger partial charge in [-0.25, -0.2) is 4.39 Å². The van der Waals surface area contributed by atoms with Crippen LogP contribution in [-0.2, 0) is 17.8 Å². The van der Waals surface area contributed by atoms with Crippen LogP contribution in [0.5, 0.6) is 5.75 Å². The second-order valence-electron chi connectivity index (χ2n) is 7.76. The van der Waals surface area contributed by atoms with E-state index < -0.39 is 5.82 Å². The predicted molar refractivity (Wildman–Crippen MR) is 132 cm³/mol. The number of carbonyl (C=O) groups is 2. The van der Waals surface area contributed by atoms with E-state index in [0.717, 1.165) is 11.3 Å². The van der Waals surface area contributed by atoms with Crippen molar-refractivity contribution >= 4 is 29.1 Å². The molecule has 6 nitrogen and oxygen atoms in total. The molecule has 0 aliphatic carbocycles. The highest BCUT2D eigenvalue weighted by Crippen LogP contribution is 2.24. The number of methoxy groups -OCH3 is 1. The quantitative estimate of drug-likeness (QED) is 0.439. The van der Waals surface area contributed by atoms with E-state index in [2.05, 4.69) is 5.32 Å². The molecular weight excluding hydrogens is 457 g/mol. The Bertz CT molecular complexity index is 1140. The van der Waals surface area contributed by atoms with Crippen molar-refractivity contribution in [3.8, 4) is 5.75 Å². The molecule has 0 spiro atoms. The summed E-state index contributed by atoms with van der Waals surface area (Å²) in [7, 11) is 1.59. The number of benzene rings is 3. The van der Waals surface area contributed by atoms with Crippen molar-refractivity contribution in [3.05, 3.63) is 94.3 Å². The minimum Gasteiger partial charge on any atom is -0.497 e. The molecule has 0 atom stereocenters. The summed E-state index contributed by atoms with van der Waals surface area (Å²) in [5.74, 6) is -0.269. The van der Waals surface area contributed by atoms with Gasteiger partial charge in [0.05, 0.1) is 13.5 Å². The van der Waals surface area contributed by atoms with Gasteiger partial charge in [-0.05, 0) is 72.6 Å². The summed E-state index contributed by atoms with van der Waals surface area (Å²) in [4.78, 5) is 27.1. The molecule has 8 heteroatoms. The van der Waals surface area contributed by atoms with Gasteiger partial charge in [0.1, 0.15) is 11.6 Å². The van der Waals surface area contributed by atoms with Crippen LogP contribution in [0.3, 0.4) is 0 Å². The molecule has 0 bridgehead atoms. The molecule has 0 radical (unpaired) electrons. The Labute approximate surface area is 203 Å². The fraction of sp³-hybridized carbons (Fsp3) is 0.231. The number of amides is 2. The second-order valence-corrected chi connectivity index (χ2v) is 8.17. The number of hydrogen-bond donors (Lipinski definition) is 2. The van der Waals surface area contributed by atoms with Gasteiger partial charge in [0.25, 0.3) is 5.91 Å². The molecule has 0 saturated carbocycles. The van der Waals surface area contributed by atoms with Crippen LogP contribution < -0.4 is 15.8 Å². The topological polar surface area (TPSA) is 84.7 Å². The monoisotopic (exact) mass is 483 g/mol. The van der Waals surface area contributed by atoms with Crippen molar-refractivity contribution in [2.24, 2.45) is 5.73 Å². The minimum atomic E-state index is -0.482. The Morgan fingerprint density at radius 3 is 2.53 bits per heavy atom. The fourth-order valence-corrected chi connectivity index (χ4v) is 3.63. The summed E-state index contributed by atoms with van der Waals surface area (Å²) in [6.07, 6.45) is 0.777. The highest BCUT2D eigenvalue weighted by Gasteiger charge is 2.18. The number of rotatable bonds is 10. The Morgan fingerprint density at radius 1 is 1.09 bits per heavy atom. The zero-order valence-corrected chi connectivity index (χ0v) is 19.6. The van der Waals surface area contributed by atoms with Crippen molar-refractivity contribution < 1.29 is 18.7 Å². The van der Waals surface area contributed by atoms with Crippen molar-refractivity contribution in [3.63, 3.8) is 0 Å². The zero-order chi connectivity index (χ0) is 24.5. The molecule has 0 unspecified atom stereocenters. The SMILES string of the molecule is COc1ccc(CC(=O)Nc2ccc(Cl)c(CN(CCCN)C(=O)c3cccc(F)c3)c2)cc1. The first-order chi connectivity index (χ1) is 16.4. The summed E-state index contributed by atoms with van der Waals surface area (Å²) in [5, 5.41) is 3.33. The maximum atomic E-state index is 13.6. The molecule has 0 fully saturated rings. The summed E-state index contributed by atoms with van der Waals surface area (Å²) in [5.41, 5.74) is 7.96. The van der Waals surface area contributed by atoms with Gasteiger partial charge in [0.15, 0.2) is 0 Å². The van der Waals surface area contributed by atoms with Crippen LogP contribution >= 0.6 is 11.6 Å². The van der Waals surface area contributed by atoms with Crippen molar-refractivity contribution in [1.82, 2.24) is 4.90 Å². The molecule has 0 saturated heterocycles. The van der Waals surface area contributed by atoms with Crippen LogP contribution in [0, 0.1) is 5.82 Å². The molecule has 0 aliphatic heterocycles. The van der Waals surface area contributed by atoms with Gasteiger partial charge in [0.2, 0.25) is 5.91 Å². The fourth-order valence-electron chi connectivity index (χ4n) is 3.45. The van der Waals surface area contributed by atoms with Crippen LogP contribution in [0.4, 0.5) is 10.1 Å². The lowest BCUT2D eigenvalue weighted by atomic mass is 10.1. The third kappa shape index (κ3) is 7.04. The maximum Gasteiger partial charge on any atom is 0.254 e. The largest absolute Gasteiger partial charge is 0.497 e. The van der Waals surface area contributed by atoms with E-state index in [1.54, 1.807) is 48.4 Å². The van der Waals surface area contributed by atoms with Gasteiger partial charge < -0.3 is 20.7 Å². The lowest BCUT2D eigenvalue weighted by Gasteiger charge is -2.24. The molecule has 3 rings (SSSR count). The highest BCUT2D eigenvalue weighted by molar-refractivity contribution is 6.31. The molecule has 34 heavy (non-hydrogen) atoms. The number of halogens is 2. The molecule has 3 aromatic rings. The van der Waals surface area contributed by atoms with E-state index in [-0.39, 0.29) is 30.3 Å². The van der Waals surface area contributed by atoms with E-state index in [9.17, 15) is 14.0 Å². The van der Waals surface area contributed by atoms with Crippen molar-refractivity contribution in [2.45, 2.75) is 19.4 Å². The lowest BCUT2D eigenvalue weighted by Crippen LogP contribution is -2.32. The third-order valence-electron chi connectivity index (χ3n) is 5.21. The molecule has 178 valence electrons. The normalized spacial score (nSPS) is 10.6. The number of ether oxygens (including phenoxy) is 1. The Hall–Kier alpha value is -3.42. The lowest BCUT2D eigenvalue weighted by molar-refractivity contribution is -0.115. The summed E-state index contributed by atoms with van der Waals surface area (Å²) >= 11 is 6.40. The first-order valence-electron chi connectivity index (χ1n) is 10.9. The number of anilines is 1. The number of carbonyl (C=O) groups excluding carboxylic acids is 2. The van der Waals surface area contributed by atoms with Crippen LogP contribution in [-0.4, -0.2) is 36.9 Å². The van der Waals surface area contributed by atoms with Crippen LogP contribution in [0.25, 0.3) is 0 Å². The van der Waals surface area contributed by atoms with Gasteiger partial charge in [-0.1, -0.05) is 29.8 Å². The van der Waals surface area contributed by atoms with E-state index in [4.69, 9.17) is 22.1 Å². The number of nitrogens with one attached hydrogen (secondary N) is 1. The minimum absolute atomic E-state index is 0.186. The molecule has 3 aromatic carbocycles. The van der Waals surface area contributed by atoms with Gasteiger partial charge in [0, 0.05) is 29.4 Å². The number of hydrogen-bond acceptors (Lipinski definition) is 4. The van der Waals surface area contributed by atoms with Crippen molar-refractivity contribution in [2.75, 3.05) is 25.5 Å². The standard InChI is InChI=1S/C26H27ClFN3O3/c1-34-23-9-6-18(7-10-23)14-25(32)30-22-8-11-24(27)20(16-22)17-31(13-3-12-29)26(33)19-4-2-5-21(28)15-19/h2,4-11,15-16H,3,12-14,17,29H2,1H3,(H,30,32). The number of nitrogens with two attached hydrogens (primary N) is 1. The van der Waals surface area contributed by atoms with Crippen LogP contribution in [0.2, 0.25) is 5.02 Å². The molecule has 0 aliphatic rings. The average molecular weight is 484 g/mol. The Balaban J connectivity index is 1.73. The first-order valence-corrected chi connectivity index (χ1v) is 11.2. The Morgan fingerprint density at radius 2 is 1.85 bits per heavy atom. The maximum absolute atomic E-state index is 13.6. The van der Waals surface area contributed by atoms with Gasteiger partial charge in [-0.2, -0.15) is 0 Å². The zero-order valence-electron chi connectivity index (χ0n) is 18.9. The van der Waals surface area contributed by atoms with Crippen LogP contribution in [0.1, 0.15) is 27.9 Å². The third-order valence-corrected chi connectivity index (χ3v) is 5.57. The van der Waals surface area contributed by atoms with Crippen LogP contribution in [0.15, 0.2) is 66.7 Å². The van der Waals surface area contributed by atoms with E-state index in [1.165, 1.54) is 18.2 Å². The molecule has 0 heterocycles. The first kappa shape index (κ1) is 25.2. The van der Waals surface area contributed by atoms with E-state index in [1.807, 2.05) is 12.1 Å². The van der Waals surface area contributed by atoms with Gasteiger partial charge in [-0.3, -0.25) is 9.59 Å². The average Bonchev–Trinajstić information content (AvgIpc) is 2.83. The van der Waals surface area contributed by atoms with Gasteiger partial charge >= 0.3 is 0 Å². The molecule has 3 N–H and O–H groups in total. The predicted octanol–water partition coefficient (Wildman–Crippen LogP) is 4.66. The van der Waals surface area contributed by atoms with Gasteiger partial charge in [-0.15, -0.1) is 0 Å². The Kier molecular flexibility index (Phi) is 9.01. The molecule has 2 amide bonds. The van der Waals surface area contributed by atoms with E-state index in [0.29, 0.717) is 35.8 Å². The summed E-state index contributed by atoms with van der Waals surface area (Å²) in [6.45, 7) is 0.981.